The van der Waals surface area contributed by atoms with E-state index in [9.17, 15) is 0 Å². The van der Waals surface area contributed by atoms with E-state index in [1.807, 2.05) is 22.7 Å². The molecule has 2 heterocycles. The maximum Gasteiger partial charge on any atom is 0.157 e. The zero-order chi connectivity index (χ0) is 14.8. The van der Waals surface area contributed by atoms with Gasteiger partial charge in [-0.3, -0.25) is 0 Å². The van der Waals surface area contributed by atoms with Crippen LogP contribution in [0.5, 0.6) is 0 Å². The van der Waals surface area contributed by atoms with Gasteiger partial charge in [0.15, 0.2) is 5.65 Å². The van der Waals surface area contributed by atoms with Gasteiger partial charge in [-0.15, -0.1) is 0 Å². The summed E-state index contributed by atoms with van der Waals surface area (Å²) in [4.78, 5) is 4.56. The molecule has 1 unspecified atom stereocenters. The van der Waals surface area contributed by atoms with Crippen molar-refractivity contribution in [3.8, 4) is 0 Å². The second-order valence-corrected chi connectivity index (χ2v) is 5.83. The zero-order valence-electron chi connectivity index (χ0n) is 12.0. The van der Waals surface area contributed by atoms with Gasteiger partial charge in [0.2, 0.25) is 0 Å². The Hall–Kier alpha value is -1.88. The van der Waals surface area contributed by atoms with E-state index in [4.69, 9.17) is 0 Å². The monoisotopic (exact) mass is 344 g/mol. The average molecular weight is 345 g/mol. The largest absolute Gasteiger partial charge is 0.363 e. The quantitative estimate of drug-likeness (QED) is 0.770. The first-order valence-corrected chi connectivity index (χ1v) is 7.83. The Bertz CT molecular complexity index is 766. The van der Waals surface area contributed by atoms with E-state index in [1.165, 1.54) is 5.56 Å². The van der Waals surface area contributed by atoms with Crippen LogP contribution in [0.1, 0.15) is 31.1 Å². The molecule has 0 spiro atoms. The van der Waals surface area contributed by atoms with Crippen molar-refractivity contribution in [2.24, 2.45) is 0 Å². The molecule has 1 N–H and O–H groups in total. The van der Waals surface area contributed by atoms with Crippen LogP contribution in [0, 0.1) is 0 Å². The van der Waals surface area contributed by atoms with Gasteiger partial charge < -0.3 is 5.32 Å². The molecule has 0 amide bonds. The molecule has 108 valence electrons. The number of anilines is 1. The summed E-state index contributed by atoms with van der Waals surface area (Å²) in [5.74, 6) is 0.963. The first-order chi connectivity index (χ1) is 10.2. The van der Waals surface area contributed by atoms with Crippen LogP contribution in [0.2, 0.25) is 0 Å². The summed E-state index contributed by atoms with van der Waals surface area (Å²) in [6.45, 7) is 4.25. The third-order valence-electron chi connectivity index (χ3n) is 3.51. The van der Waals surface area contributed by atoms with Gasteiger partial charge in [0.1, 0.15) is 5.82 Å². The highest BCUT2D eigenvalue weighted by Crippen LogP contribution is 2.26. The lowest BCUT2D eigenvalue weighted by Crippen LogP contribution is -2.12. The van der Waals surface area contributed by atoms with Gasteiger partial charge >= 0.3 is 0 Å². The van der Waals surface area contributed by atoms with Gasteiger partial charge in [-0.1, -0.05) is 41.1 Å². The highest BCUT2D eigenvalue weighted by Gasteiger charge is 2.12. The minimum Gasteiger partial charge on any atom is -0.363 e. The van der Waals surface area contributed by atoms with E-state index >= 15 is 0 Å². The van der Waals surface area contributed by atoms with E-state index in [2.05, 4.69) is 63.4 Å². The van der Waals surface area contributed by atoms with Crippen LogP contribution < -0.4 is 5.32 Å². The Morgan fingerprint density at radius 3 is 2.86 bits per heavy atom. The molecule has 0 fully saturated rings. The molecule has 0 bridgehead atoms. The minimum atomic E-state index is 0.167. The Labute approximate surface area is 132 Å². The molecular formula is C16H17BrN4. The van der Waals surface area contributed by atoms with E-state index < -0.39 is 0 Å². The van der Waals surface area contributed by atoms with Gasteiger partial charge in [0.25, 0.3) is 0 Å². The first kappa shape index (κ1) is 14.1. The molecule has 1 atom stereocenters. The molecule has 4 nitrogen and oxygen atoms in total. The molecule has 3 aromatic rings. The Balaban J connectivity index is 1.97. The molecule has 21 heavy (non-hydrogen) atoms. The number of aryl methyl sites for hydroxylation is 1. The molecule has 2 aromatic heterocycles. The van der Waals surface area contributed by atoms with Crippen molar-refractivity contribution in [3.05, 3.63) is 58.3 Å². The van der Waals surface area contributed by atoms with Crippen molar-refractivity contribution in [1.29, 1.82) is 0 Å². The van der Waals surface area contributed by atoms with Gasteiger partial charge in [-0.05, 0) is 25.0 Å². The topological polar surface area (TPSA) is 42.2 Å². The van der Waals surface area contributed by atoms with Crippen LogP contribution in [0.4, 0.5) is 5.82 Å². The number of rotatable bonds is 4. The number of hydrogen-bond acceptors (Lipinski definition) is 3. The zero-order valence-corrected chi connectivity index (χ0v) is 13.6. The predicted molar refractivity (Wildman–Crippen MR) is 88.5 cm³/mol. The third-order valence-corrected chi connectivity index (χ3v) is 4.23. The van der Waals surface area contributed by atoms with Crippen molar-refractivity contribution in [2.45, 2.75) is 26.3 Å². The van der Waals surface area contributed by atoms with Crippen molar-refractivity contribution >= 4 is 27.4 Å². The van der Waals surface area contributed by atoms with Crippen molar-refractivity contribution in [1.82, 2.24) is 14.6 Å². The van der Waals surface area contributed by atoms with Gasteiger partial charge in [0.05, 0.1) is 12.2 Å². The average Bonchev–Trinajstić information content (AvgIpc) is 2.96. The van der Waals surface area contributed by atoms with E-state index in [1.54, 1.807) is 6.20 Å². The number of halogens is 1. The van der Waals surface area contributed by atoms with Crippen molar-refractivity contribution in [2.75, 3.05) is 5.32 Å². The second-order valence-electron chi connectivity index (χ2n) is 4.98. The first-order valence-electron chi connectivity index (χ1n) is 7.03. The van der Waals surface area contributed by atoms with E-state index in [0.717, 1.165) is 28.1 Å². The SMILES string of the molecule is CCc1cc(NC(C)c2ccccc2Br)n2nccc2n1. The summed E-state index contributed by atoms with van der Waals surface area (Å²) in [6.07, 6.45) is 2.68. The summed E-state index contributed by atoms with van der Waals surface area (Å²) in [5.41, 5.74) is 3.15. The Morgan fingerprint density at radius 1 is 1.29 bits per heavy atom. The molecule has 1 aromatic carbocycles. The maximum atomic E-state index is 4.56. The number of hydrogen-bond donors (Lipinski definition) is 1. The number of nitrogens with one attached hydrogen (secondary N) is 1. The highest BCUT2D eigenvalue weighted by molar-refractivity contribution is 9.10. The molecule has 0 saturated heterocycles. The lowest BCUT2D eigenvalue weighted by Gasteiger charge is -2.18. The molecular weight excluding hydrogens is 328 g/mol. The number of aromatic nitrogens is 3. The highest BCUT2D eigenvalue weighted by atomic mass is 79.9. The van der Waals surface area contributed by atoms with E-state index in [0.29, 0.717) is 0 Å². The van der Waals surface area contributed by atoms with E-state index in [-0.39, 0.29) is 6.04 Å². The second kappa shape index (κ2) is 5.85. The Kier molecular flexibility index (Phi) is 3.92. The lowest BCUT2D eigenvalue weighted by atomic mass is 10.1. The molecule has 0 radical (unpaired) electrons. The number of fused-ring (bicyclic) bond motifs is 1. The fourth-order valence-corrected chi connectivity index (χ4v) is 3.00. The number of benzene rings is 1. The molecule has 0 saturated carbocycles. The summed E-state index contributed by atoms with van der Waals surface area (Å²) in [7, 11) is 0. The lowest BCUT2D eigenvalue weighted by molar-refractivity contribution is 0.830. The summed E-state index contributed by atoms with van der Waals surface area (Å²) in [5, 5.41) is 7.88. The summed E-state index contributed by atoms with van der Waals surface area (Å²) >= 11 is 3.61. The smallest absolute Gasteiger partial charge is 0.157 e. The third kappa shape index (κ3) is 2.78. The summed E-state index contributed by atoms with van der Waals surface area (Å²) < 4.78 is 2.94. The molecule has 0 aliphatic heterocycles. The van der Waals surface area contributed by atoms with Crippen LogP contribution in [-0.2, 0) is 6.42 Å². The summed E-state index contributed by atoms with van der Waals surface area (Å²) in [6, 6.07) is 12.4. The van der Waals surface area contributed by atoms with Crippen LogP contribution in [0.25, 0.3) is 5.65 Å². The number of nitrogens with zero attached hydrogens (tertiary/aromatic N) is 3. The Morgan fingerprint density at radius 2 is 2.10 bits per heavy atom. The van der Waals surface area contributed by atoms with Gasteiger partial charge in [-0.2, -0.15) is 9.61 Å². The van der Waals surface area contributed by atoms with Crippen LogP contribution >= 0.6 is 15.9 Å². The van der Waals surface area contributed by atoms with Gasteiger partial charge in [0, 0.05) is 22.3 Å². The molecule has 5 heteroatoms. The molecule has 0 aliphatic carbocycles. The van der Waals surface area contributed by atoms with Crippen LogP contribution in [0.3, 0.4) is 0 Å². The minimum absolute atomic E-state index is 0.167. The maximum absolute atomic E-state index is 4.56. The fourth-order valence-electron chi connectivity index (χ4n) is 2.37. The standard InChI is InChI=1S/C16H17BrN4/c1-3-12-10-16(21-15(20-12)8-9-18-21)19-11(2)13-6-4-5-7-14(13)17/h4-11,19H,3H2,1-2H3. The fraction of sp³-hybridized carbons (Fsp3) is 0.250. The normalized spacial score (nSPS) is 12.5. The molecule has 3 rings (SSSR count). The van der Waals surface area contributed by atoms with Crippen molar-refractivity contribution in [3.63, 3.8) is 0 Å². The predicted octanol–water partition coefficient (Wildman–Crippen LogP) is 4.23. The van der Waals surface area contributed by atoms with Crippen LogP contribution in [-0.4, -0.2) is 14.6 Å². The molecule has 0 aliphatic rings. The van der Waals surface area contributed by atoms with Gasteiger partial charge in [-0.25, -0.2) is 4.98 Å². The van der Waals surface area contributed by atoms with Crippen LogP contribution in [0.15, 0.2) is 47.1 Å². The van der Waals surface area contributed by atoms with Crippen molar-refractivity contribution < 1.29 is 0 Å².